The third-order valence-corrected chi connectivity index (χ3v) is 5.49. The number of nitrogens with one attached hydrogen (secondary N) is 2. The number of rotatable bonds is 12. The van der Waals surface area contributed by atoms with Crippen LogP contribution in [0.1, 0.15) is 66.9 Å². The smallest absolute Gasteiger partial charge is 0.408 e. The summed E-state index contributed by atoms with van der Waals surface area (Å²) < 4.78 is 16.3. The van der Waals surface area contributed by atoms with Gasteiger partial charge in [-0.2, -0.15) is 0 Å². The van der Waals surface area contributed by atoms with E-state index in [0.29, 0.717) is 0 Å². The molecule has 2 N–H and O–H groups in total. The van der Waals surface area contributed by atoms with Crippen LogP contribution in [0.2, 0.25) is 0 Å². The molecule has 4 atom stereocenters. The molecule has 0 aliphatic rings. The zero-order valence-electron chi connectivity index (χ0n) is 21.8. The maximum absolute atomic E-state index is 13.2. The topological polar surface area (TPSA) is 103 Å². The lowest BCUT2D eigenvalue weighted by atomic mass is 9.91. The van der Waals surface area contributed by atoms with E-state index >= 15 is 0 Å². The number of amides is 2. The summed E-state index contributed by atoms with van der Waals surface area (Å²) in [7, 11) is 1.51. The van der Waals surface area contributed by atoms with E-state index in [4.69, 9.17) is 14.2 Å². The summed E-state index contributed by atoms with van der Waals surface area (Å²) in [5.74, 6) is -0.920. The molecule has 0 radical (unpaired) electrons. The molecule has 0 bridgehead atoms. The van der Waals surface area contributed by atoms with Crippen LogP contribution < -0.4 is 10.6 Å². The highest BCUT2D eigenvalue weighted by Gasteiger charge is 2.34. The fraction of sp³-hybridized carbons (Fsp3) is 0.654. The number of benzene rings is 1. The lowest BCUT2D eigenvalue weighted by Crippen LogP contribution is -2.56. The summed E-state index contributed by atoms with van der Waals surface area (Å²) in [4.78, 5) is 38.0. The summed E-state index contributed by atoms with van der Waals surface area (Å²) in [5, 5.41) is 5.68. The van der Waals surface area contributed by atoms with Gasteiger partial charge in [0, 0.05) is 7.11 Å². The van der Waals surface area contributed by atoms with Crippen LogP contribution in [0.3, 0.4) is 0 Å². The molecule has 0 heterocycles. The van der Waals surface area contributed by atoms with Crippen molar-refractivity contribution in [2.24, 2.45) is 11.8 Å². The molecule has 1 rings (SSSR count). The second-order valence-electron chi connectivity index (χ2n) is 9.91. The molecule has 34 heavy (non-hydrogen) atoms. The van der Waals surface area contributed by atoms with Crippen molar-refractivity contribution in [2.45, 2.75) is 91.7 Å². The van der Waals surface area contributed by atoms with Crippen LogP contribution in [0.5, 0.6) is 0 Å². The minimum Gasteiger partial charge on any atom is -0.460 e. The van der Waals surface area contributed by atoms with Crippen molar-refractivity contribution in [1.82, 2.24) is 10.6 Å². The average Bonchev–Trinajstić information content (AvgIpc) is 2.76. The fourth-order valence-electron chi connectivity index (χ4n) is 3.44. The second-order valence-corrected chi connectivity index (χ2v) is 9.91. The third-order valence-electron chi connectivity index (χ3n) is 5.49. The molecule has 0 saturated carbocycles. The zero-order chi connectivity index (χ0) is 25.9. The Kier molecular flexibility index (Phi) is 12.1. The number of hydrogen-bond acceptors (Lipinski definition) is 6. The Labute approximate surface area is 204 Å². The maximum atomic E-state index is 13.2. The van der Waals surface area contributed by atoms with Crippen molar-refractivity contribution in [3.63, 3.8) is 0 Å². The van der Waals surface area contributed by atoms with Crippen molar-refractivity contribution in [3.05, 3.63) is 35.9 Å². The van der Waals surface area contributed by atoms with Crippen molar-refractivity contribution < 1.29 is 28.6 Å². The monoisotopic (exact) mass is 478 g/mol. The van der Waals surface area contributed by atoms with Crippen LogP contribution in [0.4, 0.5) is 4.79 Å². The predicted molar refractivity (Wildman–Crippen MR) is 131 cm³/mol. The Morgan fingerprint density at radius 2 is 1.62 bits per heavy atom. The first-order chi connectivity index (χ1) is 15.9. The van der Waals surface area contributed by atoms with E-state index in [1.54, 1.807) is 20.8 Å². The van der Waals surface area contributed by atoms with Crippen molar-refractivity contribution in [3.8, 4) is 0 Å². The number of ether oxygens (including phenoxy) is 3. The number of alkyl carbamates (subject to hydrolysis) is 1. The number of hydrogen-bond donors (Lipinski definition) is 2. The van der Waals surface area contributed by atoms with Gasteiger partial charge in [-0.3, -0.25) is 9.59 Å². The molecule has 8 heteroatoms. The number of esters is 1. The van der Waals surface area contributed by atoms with Crippen LogP contribution >= 0.6 is 0 Å². The van der Waals surface area contributed by atoms with Crippen molar-refractivity contribution >= 4 is 18.0 Å². The van der Waals surface area contributed by atoms with E-state index in [1.165, 1.54) is 7.11 Å². The quantitative estimate of drug-likeness (QED) is 0.436. The van der Waals surface area contributed by atoms with Gasteiger partial charge in [0.15, 0.2) is 0 Å². The molecule has 192 valence electrons. The Bertz CT molecular complexity index is 775. The second kappa shape index (κ2) is 13.9. The lowest BCUT2D eigenvalue weighted by molar-refractivity contribution is -0.158. The summed E-state index contributed by atoms with van der Waals surface area (Å²) in [6, 6.07) is 8.05. The summed E-state index contributed by atoms with van der Waals surface area (Å²) in [6.45, 7) is 13.2. The first-order valence-electron chi connectivity index (χ1n) is 11.9. The van der Waals surface area contributed by atoms with Crippen molar-refractivity contribution in [2.75, 3.05) is 7.11 Å². The van der Waals surface area contributed by atoms with Gasteiger partial charge < -0.3 is 24.8 Å². The standard InChI is InChI=1S/C26H42N2O6/c1-9-18(4)23(20(32-8)15-21(29)34-26(5,6)7)27-24(30)22(17(2)3)28-25(31)33-16-19-13-11-10-12-14-19/h10-14,17-18,20,22-23H,9,15-16H2,1-8H3,(H,27,30)(H,28,31)/t18-,20+,22-,23-/m0/s1. The summed E-state index contributed by atoms with van der Waals surface area (Å²) in [6.07, 6.45) is -0.485. The van der Waals surface area contributed by atoms with Crippen LogP contribution in [-0.2, 0) is 30.4 Å². The molecule has 1 aromatic carbocycles. The van der Waals surface area contributed by atoms with Gasteiger partial charge in [-0.1, -0.05) is 64.4 Å². The molecule has 0 spiro atoms. The highest BCUT2D eigenvalue weighted by atomic mass is 16.6. The SMILES string of the molecule is CC[C@H](C)[C@H](NC(=O)[C@@H](NC(=O)OCc1ccccc1)C(C)C)[C@@H](CC(=O)OC(C)(C)C)OC. The van der Waals surface area contributed by atoms with E-state index in [2.05, 4.69) is 10.6 Å². The van der Waals surface area contributed by atoms with E-state index in [-0.39, 0.29) is 30.8 Å². The van der Waals surface area contributed by atoms with Gasteiger partial charge in [-0.15, -0.1) is 0 Å². The van der Waals surface area contributed by atoms with Crippen molar-refractivity contribution in [1.29, 1.82) is 0 Å². The Morgan fingerprint density at radius 1 is 1.00 bits per heavy atom. The van der Waals surface area contributed by atoms with Gasteiger partial charge in [0.25, 0.3) is 0 Å². The first-order valence-corrected chi connectivity index (χ1v) is 11.9. The molecule has 0 unspecified atom stereocenters. The molecule has 0 aliphatic carbocycles. The third kappa shape index (κ3) is 10.5. The van der Waals surface area contributed by atoms with Gasteiger partial charge in [0.1, 0.15) is 18.2 Å². The van der Waals surface area contributed by atoms with Crippen LogP contribution in [-0.4, -0.2) is 48.9 Å². The van der Waals surface area contributed by atoms with Gasteiger partial charge in [0.05, 0.1) is 18.6 Å². The normalized spacial score (nSPS) is 15.1. The lowest BCUT2D eigenvalue weighted by Gasteiger charge is -2.33. The summed E-state index contributed by atoms with van der Waals surface area (Å²) >= 11 is 0. The van der Waals surface area contributed by atoms with Gasteiger partial charge in [0.2, 0.25) is 5.91 Å². The number of methoxy groups -OCH3 is 1. The van der Waals surface area contributed by atoms with Gasteiger partial charge >= 0.3 is 12.1 Å². The number of carbonyl (C=O) groups excluding carboxylic acids is 3. The van der Waals surface area contributed by atoms with E-state index in [9.17, 15) is 14.4 Å². The molecular weight excluding hydrogens is 436 g/mol. The van der Waals surface area contributed by atoms with E-state index in [1.807, 2.05) is 58.0 Å². The average molecular weight is 479 g/mol. The Balaban J connectivity index is 2.87. The molecular formula is C26H42N2O6. The van der Waals surface area contributed by atoms with E-state index < -0.39 is 35.9 Å². The van der Waals surface area contributed by atoms with Crippen LogP contribution in [0.25, 0.3) is 0 Å². The molecule has 0 aromatic heterocycles. The first kappa shape index (κ1) is 29.4. The molecule has 0 aliphatic heterocycles. The predicted octanol–water partition coefficient (Wildman–Crippen LogP) is 4.22. The highest BCUT2D eigenvalue weighted by Crippen LogP contribution is 2.19. The maximum Gasteiger partial charge on any atom is 0.408 e. The summed E-state index contributed by atoms with van der Waals surface area (Å²) in [5.41, 5.74) is 0.238. The fourth-order valence-corrected chi connectivity index (χ4v) is 3.44. The molecule has 8 nitrogen and oxygen atoms in total. The van der Waals surface area contributed by atoms with Gasteiger partial charge in [-0.05, 0) is 38.2 Å². The molecule has 1 aromatic rings. The molecule has 0 saturated heterocycles. The minimum absolute atomic E-state index is 0.00193. The zero-order valence-corrected chi connectivity index (χ0v) is 21.8. The Hall–Kier alpha value is -2.61. The largest absolute Gasteiger partial charge is 0.460 e. The van der Waals surface area contributed by atoms with E-state index in [0.717, 1.165) is 12.0 Å². The Morgan fingerprint density at radius 3 is 2.12 bits per heavy atom. The molecule has 2 amide bonds. The minimum atomic E-state index is -0.811. The highest BCUT2D eigenvalue weighted by molar-refractivity contribution is 5.86. The van der Waals surface area contributed by atoms with Crippen LogP contribution in [0.15, 0.2) is 30.3 Å². The number of carbonyl (C=O) groups is 3. The van der Waals surface area contributed by atoms with Gasteiger partial charge in [-0.25, -0.2) is 4.79 Å². The molecule has 0 fully saturated rings. The van der Waals surface area contributed by atoms with Crippen LogP contribution in [0, 0.1) is 11.8 Å².